The molecule has 1 amide bonds. The highest BCUT2D eigenvalue weighted by Gasteiger charge is 2.45. The lowest BCUT2D eigenvalue weighted by molar-refractivity contribution is -0.122. The Hall–Kier alpha value is -2.50. The molecule has 0 bridgehead atoms. The number of methoxy groups -OCH3 is 2. The zero-order valence-corrected chi connectivity index (χ0v) is 13.6. The van der Waals surface area contributed by atoms with Crippen LogP contribution in [0.4, 0.5) is 0 Å². The van der Waals surface area contributed by atoms with Crippen LogP contribution in [-0.2, 0) is 11.3 Å². The third-order valence-electron chi connectivity index (χ3n) is 4.35. The number of aromatic nitrogens is 2. The zero-order chi connectivity index (χ0) is 16.4. The number of ether oxygens (including phenoxy) is 2. The number of carbonyl (C=O) groups is 1. The maximum absolute atomic E-state index is 12.3. The summed E-state index contributed by atoms with van der Waals surface area (Å²) in [5, 5.41) is 9.81. The lowest BCUT2D eigenvalue weighted by Crippen LogP contribution is -2.25. The second-order valence-corrected chi connectivity index (χ2v) is 5.79. The number of hydrogen-bond donors (Lipinski definition) is 2. The quantitative estimate of drug-likeness (QED) is 0.856. The van der Waals surface area contributed by atoms with Gasteiger partial charge in [-0.15, -0.1) is 0 Å². The number of aryl methyl sites for hydroxylation is 1. The number of amides is 1. The van der Waals surface area contributed by atoms with Crippen LogP contribution in [0.3, 0.4) is 0 Å². The summed E-state index contributed by atoms with van der Waals surface area (Å²) < 4.78 is 10.7. The molecule has 0 radical (unpaired) electrons. The first-order chi connectivity index (χ1) is 11.1. The molecule has 122 valence electrons. The molecule has 3 rings (SSSR count). The molecule has 2 N–H and O–H groups in total. The van der Waals surface area contributed by atoms with Gasteiger partial charge in [-0.05, 0) is 31.5 Å². The minimum Gasteiger partial charge on any atom is -0.497 e. The first kappa shape index (κ1) is 15.4. The molecule has 1 aromatic carbocycles. The van der Waals surface area contributed by atoms with Crippen molar-refractivity contribution in [1.82, 2.24) is 15.5 Å². The Morgan fingerprint density at radius 1 is 1.39 bits per heavy atom. The normalized spacial score (nSPS) is 19.3. The number of rotatable bonds is 6. The SMILES string of the molecule is COc1ccc(OC)c(C2CC2C(=O)NCc2cn[nH]c2C)c1. The molecular formula is C17H21N3O3. The maximum Gasteiger partial charge on any atom is 0.224 e. The molecule has 1 aliphatic rings. The van der Waals surface area contributed by atoms with Gasteiger partial charge in [0.05, 0.1) is 20.4 Å². The second kappa shape index (κ2) is 6.32. The molecule has 0 aliphatic heterocycles. The molecule has 1 saturated carbocycles. The Balaban J connectivity index is 1.64. The summed E-state index contributed by atoms with van der Waals surface area (Å²) >= 11 is 0. The first-order valence-electron chi connectivity index (χ1n) is 7.62. The monoisotopic (exact) mass is 315 g/mol. The summed E-state index contributed by atoms with van der Waals surface area (Å²) in [6.45, 7) is 2.44. The first-order valence-corrected chi connectivity index (χ1v) is 7.62. The smallest absolute Gasteiger partial charge is 0.224 e. The summed E-state index contributed by atoms with van der Waals surface area (Å²) in [4.78, 5) is 12.3. The van der Waals surface area contributed by atoms with Gasteiger partial charge in [0.2, 0.25) is 5.91 Å². The van der Waals surface area contributed by atoms with Crippen LogP contribution in [0.15, 0.2) is 24.4 Å². The fraction of sp³-hybridized carbons (Fsp3) is 0.412. The van der Waals surface area contributed by atoms with Crippen molar-refractivity contribution >= 4 is 5.91 Å². The highest BCUT2D eigenvalue weighted by molar-refractivity contribution is 5.83. The van der Waals surface area contributed by atoms with Crippen molar-refractivity contribution in [2.75, 3.05) is 14.2 Å². The van der Waals surface area contributed by atoms with E-state index in [1.54, 1.807) is 20.4 Å². The van der Waals surface area contributed by atoms with E-state index in [1.807, 2.05) is 25.1 Å². The number of H-pyrrole nitrogens is 1. The zero-order valence-electron chi connectivity index (χ0n) is 13.6. The molecule has 2 aromatic rings. The van der Waals surface area contributed by atoms with Crippen LogP contribution < -0.4 is 14.8 Å². The number of nitrogens with zero attached hydrogens (tertiary/aromatic N) is 1. The van der Waals surface area contributed by atoms with E-state index in [9.17, 15) is 4.79 Å². The fourth-order valence-corrected chi connectivity index (χ4v) is 2.82. The Labute approximate surface area is 135 Å². The van der Waals surface area contributed by atoms with E-state index < -0.39 is 0 Å². The van der Waals surface area contributed by atoms with Crippen molar-refractivity contribution in [3.05, 3.63) is 41.2 Å². The minimum atomic E-state index is -0.0109. The molecule has 1 heterocycles. The molecular weight excluding hydrogens is 294 g/mol. The highest BCUT2D eigenvalue weighted by atomic mass is 16.5. The van der Waals surface area contributed by atoms with E-state index >= 15 is 0 Å². The van der Waals surface area contributed by atoms with Gasteiger partial charge in [-0.3, -0.25) is 9.89 Å². The van der Waals surface area contributed by atoms with Gasteiger partial charge in [-0.2, -0.15) is 5.10 Å². The van der Waals surface area contributed by atoms with Crippen LogP contribution in [0, 0.1) is 12.8 Å². The van der Waals surface area contributed by atoms with Gasteiger partial charge in [0, 0.05) is 35.2 Å². The van der Waals surface area contributed by atoms with Crippen molar-refractivity contribution in [2.24, 2.45) is 5.92 Å². The molecule has 23 heavy (non-hydrogen) atoms. The van der Waals surface area contributed by atoms with Gasteiger partial charge < -0.3 is 14.8 Å². The largest absolute Gasteiger partial charge is 0.497 e. The molecule has 0 spiro atoms. The average molecular weight is 315 g/mol. The lowest BCUT2D eigenvalue weighted by atomic mass is 10.1. The molecule has 2 unspecified atom stereocenters. The van der Waals surface area contributed by atoms with Gasteiger partial charge in [0.1, 0.15) is 11.5 Å². The second-order valence-electron chi connectivity index (χ2n) is 5.79. The molecule has 2 atom stereocenters. The highest BCUT2D eigenvalue weighted by Crippen LogP contribution is 2.51. The molecule has 0 saturated heterocycles. The van der Waals surface area contributed by atoms with Gasteiger partial charge in [0.15, 0.2) is 0 Å². The summed E-state index contributed by atoms with van der Waals surface area (Å²) in [5.74, 6) is 1.83. The lowest BCUT2D eigenvalue weighted by Gasteiger charge is -2.10. The minimum absolute atomic E-state index is 0.0109. The van der Waals surface area contributed by atoms with Crippen LogP contribution in [0.1, 0.15) is 29.2 Å². The number of aromatic amines is 1. The Kier molecular flexibility index (Phi) is 4.23. The predicted molar refractivity (Wildman–Crippen MR) is 85.6 cm³/mol. The van der Waals surface area contributed by atoms with Gasteiger partial charge in [-0.25, -0.2) is 0 Å². The van der Waals surface area contributed by atoms with E-state index in [0.717, 1.165) is 34.7 Å². The fourth-order valence-electron chi connectivity index (χ4n) is 2.82. The average Bonchev–Trinajstić information content (AvgIpc) is 3.27. The van der Waals surface area contributed by atoms with Crippen molar-refractivity contribution in [2.45, 2.75) is 25.8 Å². The van der Waals surface area contributed by atoms with E-state index in [2.05, 4.69) is 15.5 Å². The van der Waals surface area contributed by atoms with Gasteiger partial charge >= 0.3 is 0 Å². The van der Waals surface area contributed by atoms with Crippen LogP contribution in [0.2, 0.25) is 0 Å². The van der Waals surface area contributed by atoms with E-state index in [4.69, 9.17) is 9.47 Å². The van der Waals surface area contributed by atoms with Crippen molar-refractivity contribution in [3.8, 4) is 11.5 Å². The Bertz CT molecular complexity index is 711. The van der Waals surface area contributed by atoms with Crippen molar-refractivity contribution in [1.29, 1.82) is 0 Å². The number of carbonyl (C=O) groups excluding carboxylic acids is 1. The third-order valence-corrected chi connectivity index (χ3v) is 4.35. The maximum atomic E-state index is 12.3. The standard InChI is InChI=1S/C17H21N3O3/c1-10-11(9-19-20-10)8-18-17(21)15-7-13(15)14-6-12(22-2)4-5-16(14)23-3/h4-6,9,13,15H,7-8H2,1-3H3,(H,18,21)(H,19,20). The summed E-state index contributed by atoms with van der Waals surface area (Å²) in [5.41, 5.74) is 3.02. The Morgan fingerprint density at radius 3 is 2.87 bits per heavy atom. The topological polar surface area (TPSA) is 76.2 Å². The van der Waals surface area contributed by atoms with Crippen molar-refractivity contribution in [3.63, 3.8) is 0 Å². The number of nitrogens with one attached hydrogen (secondary N) is 2. The summed E-state index contributed by atoms with van der Waals surface area (Å²) in [6.07, 6.45) is 2.57. The van der Waals surface area contributed by atoms with E-state index in [1.165, 1.54) is 0 Å². The van der Waals surface area contributed by atoms with Crippen LogP contribution in [0.25, 0.3) is 0 Å². The van der Waals surface area contributed by atoms with Gasteiger partial charge in [-0.1, -0.05) is 0 Å². The molecule has 6 heteroatoms. The van der Waals surface area contributed by atoms with Crippen LogP contribution in [0.5, 0.6) is 11.5 Å². The molecule has 6 nitrogen and oxygen atoms in total. The van der Waals surface area contributed by atoms with Crippen LogP contribution in [-0.4, -0.2) is 30.3 Å². The van der Waals surface area contributed by atoms with Crippen molar-refractivity contribution < 1.29 is 14.3 Å². The van der Waals surface area contributed by atoms with E-state index in [0.29, 0.717) is 6.54 Å². The number of benzene rings is 1. The molecule has 1 aromatic heterocycles. The third kappa shape index (κ3) is 3.16. The number of hydrogen-bond acceptors (Lipinski definition) is 4. The summed E-state index contributed by atoms with van der Waals surface area (Å²) in [6, 6.07) is 5.70. The molecule has 1 aliphatic carbocycles. The van der Waals surface area contributed by atoms with Gasteiger partial charge in [0.25, 0.3) is 0 Å². The van der Waals surface area contributed by atoms with E-state index in [-0.39, 0.29) is 17.7 Å². The summed E-state index contributed by atoms with van der Waals surface area (Å²) in [7, 11) is 3.28. The Morgan fingerprint density at radius 2 is 2.22 bits per heavy atom. The molecule has 1 fully saturated rings. The predicted octanol–water partition coefficient (Wildman–Crippen LogP) is 2.16. The van der Waals surface area contributed by atoms with Crippen LogP contribution >= 0.6 is 0 Å².